The van der Waals surface area contributed by atoms with Gasteiger partial charge >= 0.3 is 0 Å². The van der Waals surface area contributed by atoms with Gasteiger partial charge in [0.05, 0.1) is 0 Å². The van der Waals surface area contributed by atoms with Crippen LogP contribution in [-0.4, -0.2) is 18.4 Å². The fraction of sp³-hybridized carbons (Fsp3) is 0.545. The fourth-order valence-electron chi connectivity index (χ4n) is 4.06. The highest BCUT2D eigenvalue weighted by molar-refractivity contribution is 5.92. The van der Waals surface area contributed by atoms with Crippen LogP contribution in [0.1, 0.15) is 57.8 Å². The summed E-state index contributed by atoms with van der Waals surface area (Å²) in [6.07, 6.45) is 10.6. The molecule has 0 aliphatic heterocycles. The number of rotatable bonds is 6. The summed E-state index contributed by atoms with van der Waals surface area (Å²) in [5.74, 6) is -2.30. The van der Waals surface area contributed by atoms with Crippen LogP contribution in [0.4, 0.5) is 14.5 Å². The van der Waals surface area contributed by atoms with Gasteiger partial charge in [0.15, 0.2) is 11.6 Å². The summed E-state index contributed by atoms with van der Waals surface area (Å²) in [5, 5.41) is 5.68. The first-order valence-electron chi connectivity index (χ1n) is 10.2. The first-order valence-corrected chi connectivity index (χ1v) is 10.2. The maximum absolute atomic E-state index is 13.3. The Morgan fingerprint density at radius 1 is 0.964 bits per heavy atom. The topological polar surface area (TPSA) is 58.2 Å². The summed E-state index contributed by atoms with van der Waals surface area (Å²) in [7, 11) is 0. The van der Waals surface area contributed by atoms with Crippen molar-refractivity contribution in [1.29, 1.82) is 0 Å². The summed E-state index contributed by atoms with van der Waals surface area (Å²) in [6, 6.07) is 3.32. The van der Waals surface area contributed by atoms with E-state index in [4.69, 9.17) is 0 Å². The lowest BCUT2D eigenvalue weighted by molar-refractivity contribution is -0.128. The van der Waals surface area contributed by atoms with Crippen LogP contribution in [0, 0.1) is 23.5 Å². The maximum atomic E-state index is 13.3. The Morgan fingerprint density at radius 2 is 1.68 bits per heavy atom. The molecule has 0 radical (unpaired) electrons. The lowest BCUT2D eigenvalue weighted by Gasteiger charge is -2.27. The molecule has 4 nitrogen and oxygen atoms in total. The highest BCUT2D eigenvalue weighted by Gasteiger charge is 2.30. The highest BCUT2D eigenvalue weighted by atomic mass is 19.2. The largest absolute Gasteiger partial charge is 0.356 e. The summed E-state index contributed by atoms with van der Waals surface area (Å²) in [4.78, 5) is 24.7. The van der Waals surface area contributed by atoms with Gasteiger partial charge < -0.3 is 10.6 Å². The number of allylic oxidation sites excluding steroid dienone is 1. The second-order valence-electron chi connectivity index (χ2n) is 7.82. The Labute approximate surface area is 164 Å². The molecule has 1 aromatic carbocycles. The SMILES string of the molecule is O=C(NCCC1=CCCCC1)C1CCC(C(=O)Nc2ccc(F)c(F)c2)CC1. The van der Waals surface area contributed by atoms with Crippen molar-refractivity contribution in [2.45, 2.75) is 57.8 Å². The van der Waals surface area contributed by atoms with Gasteiger partial charge in [-0.25, -0.2) is 8.78 Å². The van der Waals surface area contributed by atoms with Crippen molar-refractivity contribution in [2.75, 3.05) is 11.9 Å². The van der Waals surface area contributed by atoms with Crippen LogP contribution in [0.15, 0.2) is 29.8 Å². The van der Waals surface area contributed by atoms with E-state index in [1.165, 1.54) is 24.5 Å². The smallest absolute Gasteiger partial charge is 0.227 e. The van der Waals surface area contributed by atoms with Gasteiger partial charge in [-0.15, -0.1) is 0 Å². The first-order chi connectivity index (χ1) is 13.5. The third-order valence-electron chi connectivity index (χ3n) is 5.79. The lowest BCUT2D eigenvalue weighted by atomic mass is 9.81. The third kappa shape index (κ3) is 5.63. The standard InChI is InChI=1S/C22H28F2N2O2/c23-19-11-10-18(14-20(19)24)26-22(28)17-8-6-16(7-9-17)21(27)25-13-12-15-4-2-1-3-5-15/h4,10-11,14,16-17H,1-3,5-9,12-13H2,(H,25,27)(H,26,28). The molecular formula is C22H28F2N2O2. The van der Waals surface area contributed by atoms with Crippen LogP contribution in [-0.2, 0) is 9.59 Å². The monoisotopic (exact) mass is 390 g/mol. The van der Waals surface area contributed by atoms with Crippen molar-refractivity contribution in [3.05, 3.63) is 41.5 Å². The Bertz CT molecular complexity index is 740. The molecule has 152 valence electrons. The maximum Gasteiger partial charge on any atom is 0.227 e. The second-order valence-corrected chi connectivity index (χ2v) is 7.82. The molecule has 2 aliphatic carbocycles. The van der Waals surface area contributed by atoms with Gasteiger partial charge in [0.25, 0.3) is 0 Å². The lowest BCUT2D eigenvalue weighted by Crippen LogP contribution is -2.36. The summed E-state index contributed by atoms with van der Waals surface area (Å²) in [5.41, 5.74) is 1.70. The predicted molar refractivity (Wildman–Crippen MR) is 105 cm³/mol. The third-order valence-corrected chi connectivity index (χ3v) is 5.79. The van der Waals surface area contributed by atoms with Gasteiger partial charge in [-0.05, 0) is 69.9 Å². The average Bonchev–Trinajstić information content (AvgIpc) is 2.71. The Hall–Kier alpha value is -2.24. The average molecular weight is 390 g/mol. The van der Waals surface area contributed by atoms with Crippen molar-refractivity contribution in [3.8, 4) is 0 Å². The van der Waals surface area contributed by atoms with E-state index >= 15 is 0 Å². The van der Waals surface area contributed by atoms with Gasteiger partial charge in [0, 0.05) is 30.1 Å². The van der Waals surface area contributed by atoms with Crippen LogP contribution in [0.3, 0.4) is 0 Å². The van der Waals surface area contributed by atoms with Crippen LogP contribution in [0.5, 0.6) is 0 Å². The van der Waals surface area contributed by atoms with Gasteiger partial charge in [-0.1, -0.05) is 11.6 Å². The molecule has 0 unspecified atom stereocenters. The Morgan fingerprint density at radius 3 is 2.32 bits per heavy atom. The number of nitrogens with one attached hydrogen (secondary N) is 2. The molecule has 1 aromatic rings. The first kappa shape index (κ1) is 20.5. The zero-order chi connectivity index (χ0) is 19.9. The van der Waals surface area contributed by atoms with E-state index in [1.807, 2.05) is 0 Å². The molecule has 0 bridgehead atoms. The van der Waals surface area contributed by atoms with Crippen molar-refractivity contribution >= 4 is 17.5 Å². The van der Waals surface area contributed by atoms with Crippen molar-refractivity contribution < 1.29 is 18.4 Å². The summed E-state index contributed by atoms with van der Waals surface area (Å²) in [6.45, 7) is 0.682. The molecule has 0 spiro atoms. The normalized spacial score (nSPS) is 22.3. The number of carbonyl (C=O) groups excluding carboxylic acids is 2. The molecule has 0 atom stereocenters. The van der Waals surface area contributed by atoms with Gasteiger partial charge in [-0.2, -0.15) is 0 Å². The van der Waals surface area contributed by atoms with E-state index in [-0.39, 0.29) is 29.3 Å². The second kappa shape index (κ2) is 9.80. The molecule has 1 fully saturated rings. The van der Waals surface area contributed by atoms with Gasteiger partial charge in [-0.3, -0.25) is 9.59 Å². The van der Waals surface area contributed by atoms with Gasteiger partial charge in [0.2, 0.25) is 11.8 Å². The summed E-state index contributed by atoms with van der Waals surface area (Å²) < 4.78 is 26.2. The number of hydrogen-bond donors (Lipinski definition) is 2. The van der Waals surface area contributed by atoms with Crippen molar-refractivity contribution in [2.24, 2.45) is 11.8 Å². The van der Waals surface area contributed by atoms with Crippen LogP contribution in [0.2, 0.25) is 0 Å². The number of carbonyl (C=O) groups is 2. The summed E-state index contributed by atoms with van der Waals surface area (Å²) >= 11 is 0. The molecule has 0 aromatic heterocycles. The van der Waals surface area contributed by atoms with E-state index in [0.29, 0.717) is 32.2 Å². The molecule has 28 heavy (non-hydrogen) atoms. The molecule has 0 heterocycles. The number of benzene rings is 1. The molecule has 0 saturated heterocycles. The Kier molecular flexibility index (Phi) is 7.18. The van der Waals surface area contributed by atoms with Crippen molar-refractivity contribution in [1.82, 2.24) is 5.32 Å². The molecule has 2 N–H and O–H groups in total. The van der Waals surface area contributed by atoms with E-state index in [9.17, 15) is 18.4 Å². The molecule has 2 aliphatic rings. The van der Waals surface area contributed by atoms with Crippen LogP contribution < -0.4 is 10.6 Å². The molecule has 3 rings (SSSR count). The van der Waals surface area contributed by atoms with Gasteiger partial charge in [0.1, 0.15) is 0 Å². The van der Waals surface area contributed by atoms with Crippen LogP contribution in [0.25, 0.3) is 0 Å². The number of amides is 2. The minimum atomic E-state index is -0.984. The molecule has 1 saturated carbocycles. The zero-order valence-electron chi connectivity index (χ0n) is 16.1. The Balaban J connectivity index is 1.39. The fourth-order valence-corrected chi connectivity index (χ4v) is 4.06. The van der Waals surface area contributed by atoms with E-state index in [1.54, 1.807) is 0 Å². The number of halogens is 2. The molecular weight excluding hydrogens is 362 g/mol. The quantitative estimate of drug-likeness (QED) is 0.691. The minimum absolute atomic E-state index is 0.0485. The number of anilines is 1. The molecule has 6 heteroatoms. The van der Waals surface area contributed by atoms with Crippen LogP contribution >= 0.6 is 0 Å². The van der Waals surface area contributed by atoms with E-state index in [2.05, 4.69) is 16.7 Å². The van der Waals surface area contributed by atoms with Crippen molar-refractivity contribution in [3.63, 3.8) is 0 Å². The zero-order valence-corrected chi connectivity index (χ0v) is 16.1. The number of hydrogen-bond acceptors (Lipinski definition) is 2. The van der Waals surface area contributed by atoms with E-state index < -0.39 is 11.6 Å². The highest BCUT2D eigenvalue weighted by Crippen LogP contribution is 2.30. The van der Waals surface area contributed by atoms with E-state index in [0.717, 1.165) is 31.4 Å². The molecule has 2 amide bonds. The minimum Gasteiger partial charge on any atom is -0.356 e. The predicted octanol–water partition coefficient (Wildman–Crippen LogP) is 4.72.